The molecule has 4 nitrogen and oxygen atoms in total. The number of hydrogen-bond donors (Lipinski definition) is 0. The zero-order valence-electron chi connectivity index (χ0n) is 40.7. The number of hydrogen-bond acceptors (Lipinski definition) is 4. The van der Waals surface area contributed by atoms with E-state index in [-0.39, 0.29) is 11.9 Å². The number of unbranched alkanes of at least 4 members (excludes halogenated alkanes) is 22. The molecular formula is C56H98O4. The summed E-state index contributed by atoms with van der Waals surface area (Å²) >= 11 is 0. The van der Waals surface area contributed by atoms with Gasteiger partial charge in [-0.25, -0.2) is 0 Å². The van der Waals surface area contributed by atoms with Crippen molar-refractivity contribution in [3.63, 3.8) is 0 Å². The summed E-state index contributed by atoms with van der Waals surface area (Å²) in [5.74, 6) is -0.168. The molecule has 0 radical (unpaired) electrons. The number of ether oxygens (including phenoxy) is 2. The van der Waals surface area contributed by atoms with Crippen molar-refractivity contribution in [1.29, 1.82) is 0 Å². The summed E-state index contributed by atoms with van der Waals surface area (Å²) in [5.41, 5.74) is 5.20. The van der Waals surface area contributed by atoms with Gasteiger partial charge in [0.05, 0.1) is 0 Å². The second kappa shape index (κ2) is 45.9. The van der Waals surface area contributed by atoms with Gasteiger partial charge in [0, 0.05) is 12.8 Å². The minimum Gasteiger partial charge on any atom is -0.461 e. The molecule has 0 N–H and O–H groups in total. The molecule has 0 aromatic rings. The molecular weight excluding hydrogens is 737 g/mol. The number of carbonyl (C=O) groups is 2. The van der Waals surface area contributed by atoms with Gasteiger partial charge in [0.2, 0.25) is 0 Å². The molecule has 0 aliphatic heterocycles. The summed E-state index contributed by atoms with van der Waals surface area (Å²) in [6.45, 7) is 13.9. The number of carbonyl (C=O) groups excluding carboxylic acids is 2. The fraction of sp³-hybridized carbons (Fsp3) is 0.750. The van der Waals surface area contributed by atoms with Crippen molar-refractivity contribution >= 4 is 11.9 Å². The predicted octanol–water partition coefficient (Wildman–Crippen LogP) is 18.3. The minimum absolute atomic E-state index is 0.0772. The molecule has 0 aromatic carbocycles. The lowest BCUT2D eigenvalue weighted by molar-refractivity contribution is -0.143. The molecule has 0 spiro atoms. The Morgan fingerprint density at radius 3 is 1.22 bits per heavy atom. The lowest BCUT2D eigenvalue weighted by Crippen LogP contribution is -2.07. The van der Waals surface area contributed by atoms with Crippen LogP contribution in [0.15, 0.2) is 70.9 Å². The molecule has 0 rings (SSSR count). The van der Waals surface area contributed by atoms with Gasteiger partial charge in [0.25, 0.3) is 0 Å². The van der Waals surface area contributed by atoms with E-state index in [1.54, 1.807) is 0 Å². The fourth-order valence-electron chi connectivity index (χ4n) is 7.31. The molecule has 0 aliphatic carbocycles. The predicted molar refractivity (Wildman–Crippen MR) is 264 cm³/mol. The number of allylic oxidation sites excluding steroid dienone is 10. The van der Waals surface area contributed by atoms with Crippen molar-refractivity contribution < 1.29 is 19.1 Å². The van der Waals surface area contributed by atoms with E-state index >= 15 is 0 Å². The van der Waals surface area contributed by atoms with Crippen LogP contribution in [0.3, 0.4) is 0 Å². The van der Waals surface area contributed by atoms with Crippen LogP contribution >= 0.6 is 0 Å². The average Bonchev–Trinajstić information content (AvgIpc) is 3.22. The van der Waals surface area contributed by atoms with Crippen LogP contribution in [0, 0.1) is 0 Å². The van der Waals surface area contributed by atoms with E-state index in [1.807, 2.05) is 6.08 Å². The molecule has 0 heterocycles. The first-order valence-corrected chi connectivity index (χ1v) is 25.5. The van der Waals surface area contributed by atoms with Crippen LogP contribution < -0.4 is 0 Å². The highest BCUT2D eigenvalue weighted by Crippen LogP contribution is 2.17. The maximum Gasteiger partial charge on any atom is 0.306 e. The van der Waals surface area contributed by atoms with E-state index in [2.05, 4.69) is 84.1 Å². The van der Waals surface area contributed by atoms with E-state index in [4.69, 9.17) is 9.47 Å². The molecule has 0 aliphatic rings. The average molecular weight is 835 g/mol. The van der Waals surface area contributed by atoms with Gasteiger partial charge in [-0.1, -0.05) is 176 Å². The van der Waals surface area contributed by atoms with Gasteiger partial charge in [-0.3, -0.25) is 9.59 Å². The molecule has 346 valence electrons. The van der Waals surface area contributed by atoms with Gasteiger partial charge in [0.1, 0.15) is 13.2 Å². The SMILES string of the molecule is CCCCCCCC/C=C\CCCCCCCC(=O)OC/C=C(\C)CC/C=C(/CC/C=C(\C)CCC=C(C)C)COC(=O)CCCCCCC/C=C\CCCCCCCC. The molecule has 0 fully saturated rings. The molecule has 0 saturated heterocycles. The molecule has 0 unspecified atom stereocenters. The third-order valence-corrected chi connectivity index (χ3v) is 11.4. The normalized spacial score (nSPS) is 12.5. The highest BCUT2D eigenvalue weighted by atomic mass is 16.5. The van der Waals surface area contributed by atoms with Gasteiger partial charge in [-0.05, 0) is 142 Å². The third-order valence-electron chi connectivity index (χ3n) is 11.4. The molecule has 0 atom stereocenters. The Labute approximate surface area is 373 Å². The number of rotatable bonds is 43. The van der Waals surface area contributed by atoms with E-state index in [0.717, 1.165) is 64.2 Å². The lowest BCUT2D eigenvalue weighted by atomic mass is 10.0. The third kappa shape index (κ3) is 44.9. The topological polar surface area (TPSA) is 52.6 Å². The van der Waals surface area contributed by atoms with Crippen LogP contribution in [-0.2, 0) is 19.1 Å². The van der Waals surface area contributed by atoms with E-state index < -0.39 is 0 Å². The van der Waals surface area contributed by atoms with Crippen LogP contribution in [0.2, 0.25) is 0 Å². The van der Waals surface area contributed by atoms with Crippen LogP contribution in [-0.4, -0.2) is 25.2 Å². The molecule has 60 heavy (non-hydrogen) atoms. The minimum atomic E-state index is -0.0911. The molecule has 0 bridgehead atoms. The Bertz CT molecular complexity index is 1180. The Balaban J connectivity index is 4.41. The molecule has 4 heteroatoms. The van der Waals surface area contributed by atoms with Crippen molar-refractivity contribution in [3.05, 3.63) is 70.9 Å². The molecule has 0 amide bonds. The lowest BCUT2D eigenvalue weighted by Gasteiger charge is -2.10. The molecule has 0 saturated carbocycles. The maximum atomic E-state index is 12.7. The van der Waals surface area contributed by atoms with Gasteiger partial charge >= 0.3 is 11.9 Å². The first-order chi connectivity index (χ1) is 29.3. The van der Waals surface area contributed by atoms with Crippen molar-refractivity contribution in [3.8, 4) is 0 Å². The number of esters is 2. The van der Waals surface area contributed by atoms with Crippen molar-refractivity contribution in [2.24, 2.45) is 0 Å². The van der Waals surface area contributed by atoms with Crippen LogP contribution in [0.1, 0.15) is 260 Å². The van der Waals surface area contributed by atoms with Gasteiger partial charge in [-0.2, -0.15) is 0 Å². The summed E-state index contributed by atoms with van der Waals surface area (Å²) in [6, 6.07) is 0. The van der Waals surface area contributed by atoms with Gasteiger partial charge in [-0.15, -0.1) is 0 Å². The first kappa shape index (κ1) is 57.4. The fourth-order valence-corrected chi connectivity index (χ4v) is 7.31. The maximum absolute atomic E-state index is 12.7. The Hall–Kier alpha value is -2.62. The largest absolute Gasteiger partial charge is 0.461 e. The zero-order chi connectivity index (χ0) is 44.0. The Kier molecular flexibility index (Phi) is 43.9. The summed E-state index contributed by atoms with van der Waals surface area (Å²) < 4.78 is 11.3. The summed E-state index contributed by atoms with van der Waals surface area (Å²) in [4.78, 5) is 25.0. The first-order valence-electron chi connectivity index (χ1n) is 25.5. The second-order valence-electron chi connectivity index (χ2n) is 17.9. The van der Waals surface area contributed by atoms with E-state index in [1.165, 1.54) is 164 Å². The Morgan fingerprint density at radius 1 is 0.367 bits per heavy atom. The van der Waals surface area contributed by atoms with E-state index in [0.29, 0.717) is 26.1 Å². The van der Waals surface area contributed by atoms with Crippen LogP contribution in [0.4, 0.5) is 0 Å². The van der Waals surface area contributed by atoms with E-state index in [9.17, 15) is 9.59 Å². The smallest absolute Gasteiger partial charge is 0.306 e. The quantitative estimate of drug-likeness (QED) is 0.0349. The summed E-state index contributed by atoms with van der Waals surface area (Å²) in [7, 11) is 0. The van der Waals surface area contributed by atoms with Crippen molar-refractivity contribution in [2.75, 3.05) is 13.2 Å². The zero-order valence-corrected chi connectivity index (χ0v) is 40.7. The van der Waals surface area contributed by atoms with Crippen LogP contribution in [0.5, 0.6) is 0 Å². The monoisotopic (exact) mass is 835 g/mol. The molecule has 0 aromatic heterocycles. The summed E-state index contributed by atoms with van der Waals surface area (Å²) in [6.07, 6.45) is 57.8. The second-order valence-corrected chi connectivity index (χ2v) is 17.9. The highest BCUT2D eigenvalue weighted by molar-refractivity contribution is 5.69. The standard InChI is InChI=1S/C56H98O4/c1-7-9-11-13-15-17-19-21-23-25-27-29-31-33-35-46-55(57)59-49-48-53(6)43-39-45-54(44-38-42-52(5)41-37-40-51(3)4)50-60-56(58)47-36-34-32-30-28-26-24-22-20-18-16-14-12-10-8-2/h21-24,40,42,45,48H,7-20,25-39,41,43-44,46-47,49-50H2,1-6H3/b23-21-,24-22-,52-42+,53-48+,54-45-. The summed E-state index contributed by atoms with van der Waals surface area (Å²) in [5, 5.41) is 0. The highest BCUT2D eigenvalue weighted by Gasteiger charge is 2.07. The Morgan fingerprint density at radius 2 is 0.750 bits per heavy atom. The van der Waals surface area contributed by atoms with Crippen LogP contribution in [0.25, 0.3) is 0 Å². The van der Waals surface area contributed by atoms with Crippen molar-refractivity contribution in [1.82, 2.24) is 0 Å². The van der Waals surface area contributed by atoms with Gasteiger partial charge in [0.15, 0.2) is 0 Å². The van der Waals surface area contributed by atoms with Crippen molar-refractivity contribution in [2.45, 2.75) is 260 Å². The van der Waals surface area contributed by atoms with Gasteiger partial charge < -0.3 is 9.47 Å².